The van der Waals surface area contributed by atoms with Gasteiger partial charge in [-0.3, -0.25) is 0 Å². The third kappa shape index (κ3) is 2.50. The predicted molar refractivity (Wildman–Crippen MR) is 71.9 cm³/mol. The van der Waals surface area contributed by atoms with Crippen LogP contribution in [0.5, 0.6) is 5.75 Å². The highest BCUT2D eigenvalue weighted by Crippen LogP contribution is 2.57. The molecule has 0 aromatic heterocycles. The monoisotopic (exact) mass is 354 g/mol. The van der Waals surface area contributed by atoms with Crippen LogP contribution in [0.15, 0.2) is 17.0 Å². The van der Waals surface area contributed by atoms with Crippen LogP contribution in [-0.2, 0) is 9.84 Å². The first-order valence-corrected chi connectivity index (χ1v) is 8.80. The van der Waals surface area contributed by atoms with Gasteiger partial charge < -0.3 is 9.84 Å². The van der Waals surface area contributed by atoms with Gasteiger partial charge in [-0.25, -0.2) is 17.2 Å². The first-order chi connectivity index (χ1) is 10.5. The van der Waals surface area contributed by atoms with Gasteiger partial charge >= 0.3 is 5.92 Å². The minimum atomic E-state index is -4.16. The van der Waals surface area contributed by atoms with E-state index in [-0.39, 0.29) is 18.6 Å². The molecule has 0 aliphatic heterocycles. The van der Waals surface area contributed by atoms with E-state index in [2.05, 4.69) is 0 Å². The Labute approximate surface area is 130 Å². The van der Waals surface area contributed by atoms with Crippen LogP contribution in [0.25, 0.3) is 0 Å². The molecule has 9 heteroatoms. The molecule has 2 aliphatic rings. The SMILES string of the molecule is CS(=O)(=O)c1ccc(OC2CC(F)C2)c2c1[C@H](O)C(F)(F)[C@H]2F. The van der Waals surface area contributed by atoms with Gasteiger partial charge in [0.1, 0.15) is 24.1 Å². The van der Waals surface area contributed by atoms with E-state index in [0.717, 1.165) is 18.4 Å². The van der Waals surface area contributed by atoms with Gasteiger partial charge in [0.05, 0.1) is 4.90 Å². The second-order valence-corrected chi connectivity index (χ2v) is 7.89. The number of hydrogen-bond acceptors (Lipinski definition) is 4. The molecule has 1 saturated carbocycles. The van der Waals surface area contributed by atoms with Crippen molar-refractivity contribution in [3.63, 3.8) is 0 Å². The Balaban J connectivity index is 2.12. The van der Waals surface area contributed by atoms with Crippen molar-refractivity contribution in [3.05, 3.63) is 23.3 Å². The fraction of sp³-hybridized carbons (Fsp3) is 0.571. The number of aliphatic hydroxyl groups excluding tert-OH is 1. The van der Waals surface area contributed by atoms with Crippen molar-refractivity contribution in [2.75, 3.05) is 6.26 Å². The lowest BCUT2D eigenvalue weighted by Gasteiger charge is -2.31. The van der Waals surface area contributed by atoms with Gasteiger partial charge in [-0.15, -0.1) is 0 Å². The van der Waals surface area contributed by atoms with Crippen molar-refractivity contribution < 1.29 is 35.8 Å². The summed E-state index contributed by atoms with van der Waals surface area (Å²) in [5, 5.41) is 9.73. The smallest absolute Gasteiger partial charge is 0.312 e. The van der Waals surface area contributed by atoms with Gasteiger partial charge in [0.2, 0.25) is 0 Å². The zero-order valence-electron chi connectivity index (χ0n) is 12.0. The molecule has 0 saturated heterocycles. The number of hydrogen-bond donors (Lipinski definition) is 1. The molecule has 1 fully saturated rings. The second-order valence-electron chi connectivity index (χ2n) is 5.91. The zero-order chi connectivity index (χ0) is 17.2. The van der Waals surface area contributed by atoms with Crippen LogP contribution in [0.4, 0.5) is 17.6 Å². The van der Waals surface area contributed by atoms with Crippen LogP contribution in [0, 0.1) is 0 Å². The molecule has 23 heavy (non-hydrogen) atoms. The zero-order valence-corrected chi connectivity index (χ0v) is 12.8. The molecule has 0 bridgehead atoms. The van der Waals surface area contributed by atoms with Crippen LogP contribution in [0.1, 0.15) is 36.2 Å². The van der Waals surface area contributed by atoms with Crippen LogP contribution < -0.4 is 4.74 Å². The molecular formula is C14H14F4O4S. The van der Waals surface area contributed by atoms with Gasteiger partial charge in [0, 0.05) is 30.2 Å². The standard InChI is InChI=1S/C14H14F4O4S/c1-23(20,21)9-3-2-8(22-7-4-6(15)5-7)10-11(9)13(19)14(17,18)12(10)16/h2-3,6-7,12-13,19H,4-5H2,1H3/t6?,7?,12-,13-/m0/s1. The average Bonchev–Trinajstić information content (AvgIpc) is 2.58. The Morgan fingerprint density at radius 1 is 1.22 bits per heavy atom. The fourth-order valence-corrected chi connectivity index (χ4v) is 3.80. The van der Waals surface area contributed by atoms with Crippen LogP contribution in [0.3, 0.4) is 0 Å². The predicted octanol–water partition coefficient (Wildman–Crippen LogP) is 2.66. The summed E-state index contributed by atoms with van der Waals surface area (Å²) < 4.78 is 83.4. The molecule has 4 nitrogen and oxygen atoms in total. The molecule has 0 unspecified atom stereocenters. The van der Waals surface area contributed by atoms with Crippen molar-refractivity contribution in [3.8, 4) is 5.75 Å². The first kappa shape index (κ1) is 16.5. The largest absolute Gasteiger partial charge is 0.490 e. The maximum absolute atomic E-state index is 14.2. The highest BCUT2D eigenvalue weighted by atomic mass is 32.2. The van der Waals surface area contributed by atoms with Crippen molar-refractivity contribution >= 4 is 9.84 Å². The van der Waals surface area contributed by atoms with Crippen molar-refractivity contribution in [2.24, 2.45) is 0 Å². The number of halogens is 4. The summed E-state index contributed by atoms with van der Waals surface area (Å²) in [6.45, 7) is 0. The van der Waals surface area contributed by atoms with Crippen molar-refractivity contribution in [1.29, 1.82) is 0 Å². The second kappa shape index (κ2) is 5.07. The Hall–Kier alpha value is -1.35. The molecule has 1 aromatic carbocycles. The summed E-state index contributed by atoms with van der Waals surface area (Å²) in [5.74, 6) is -4.45. The molecule has 0 heterocycles. The Morgan fingerprint density at radius 2 is 1.83 bits per heavy atom. The molecule has 2 atom stereocenters. The van der Waals surface area contributed by atoms with E-state index in [0.29, 0.717) is 0 Å². The number of rotatable bonds is 3. The van der Waals surface area contributed by atoms with E-state index in [9.17, 15) is 31.1 Å². The molecule has 0 amide bonds. The number of aliphatic hydroxyl groups is 1. The summed E-state index contributed by atoms with van der Waals surface area (Å²) in [6.07, 6.45) is -6.24. The maximum atomic E-state index is 14.2. The number of ether oxygens (including phenoxy) is 1. The lowest BCUT2D eigenvalue weighted by Crippen LogP contribution is -2.35. The number of benzene rings is 1. The first-order valence-electron chi connectivity index (χ1n) is 6.91. The summed E-state index contributed by atoms with van der Waals surface area (Å²) >= 11 is 0. The lowest BCUT2D eigenvalue weighted by molar-refractivity contribution is -0.144. The van der Waals surface area contributed by atoms with E-state index in [4.69, 9.17) is 4.74 Å². The molecule has 1 N–H and O–H groups in total. The topological polar surface area (TPSA) is 63.6 Å². The normalized spacial score (nSPS) is 32.3. The number of alkyl halides is 4. The molecular weight excluding hydrogens is 340 g/mol. The molecule has 3 rings (SSSR count). The molecule has 2 aliphatic carbocycles. The van der Waals surface area contributed by atoms with E-state index >= 15 is 0 Å². The van der Waals surface area contributed by atoms with Gasteiger partial charge in [0.25, 0.3) is 0 Å². The Bertz CT molecular complexity index is 743. The summed E-state index contributed by atoms with van der Waals surface area (Å²) in [4.78, 5) is -0.566. The average molecular weight is 354 g/mol. The molecule has 128 valence electrons. The highest BCUT2D eigenvalue weighted by Gasteiger charge is 2.59. The van der Waals surface area contributed by atoms with Crippen molar-refractivity contribution in [1.82, 2.24) is 0 Å². The highest BCUT2D eigenvalue weighted by molar-refractivity contribution is 7.90. The van der Waals surface area contributed by atoms with Crippen molar-refractivity contribution in [2.45, 2.75) is 48.2 Å². The minimum absolute atomic E-state index is 0.0541. The Kier molecular flexibility index (Phi) is 3.64. The van der Waals surface area contributed by atoms with E-state index in [1.165, 1.54) is 0 Å². The summed E-state index contributed by atoms with van der Waals surface area (Å²) in [6, 6.07) is 2.06. The molecule has 0 radical (unpaired) electrons. The van der Waals surface area contributed by atoms with E-state index in [1.807, 2.05) is 0 Å². The summed E-state index contributed by atoms with van der Waals surface area (Å²) in [7, 11) is -3.96. The summed E-state index contributed by atoms with van der Waals surface area (Å²) in [5.41, 5.74) is -1.36. The number of sulfone groups is 1. The maximum Gasteiger partial charge on any atom is 0.312 e. The lowest BCUT2D eigenvalue weighted by atomic mass is 9.93. The third-order valence-electron chi connectivity index (χ3n) is 4.17. The number of fused-ring (bicyclic) bond motifs is 1. The minimum Gasteiger partial charge on any atom is -0.490 e. The van der Waals surface area contributed by atoms with Gasteiger partial charge in [-0.1, -0.05) is 0 Å². The van der Waals surface area contributed by atoms with E-state index < -0.39 is 56.3 Å². The third-order valence-corrected chi connectivity index (χ3v) is 5.32. The fourth-order valence-electron chi connectivity index (χ4n) is 2.87. The van der Waals surface area contributed by atoms with Crippen LogP contribution in [0.2, 0.25) is 0 Å². The van der Waals surface area contributed by atoms with Gasteiger partial charge in [-0.05, 0) is 12.1 Å². The van der Waals surface area contributed by atoms with E-state index in [1.54, 1.807) is 0 Å². The molecule has 1 aromatic rings. The van der Waals surface area contributed by atoms with Crippen LogP contribution in [-0.4, -0.2) is 38.0 Å². The Morgan fingerprint density at radius 3 is 2.35 bits per heavy atom. The van der Waals surface area contributed by atoms with Crippen LogP contribution >= 0.6 is 0 Å². The quantitative estimate of drug-likeness (QED) is 0.848. The van der Waals surface area contributed by atoms with Gasteiger partial charge in [0.15, 0.2) is 16.0 Å². The van der Waals surface area contributed by atoms with Gasteiger partial charge in [-0.2, -0.15) is 8.78 Å². The molecule has 0 spiro atoms.